The number of ketones is 1. The van der Waals surface area contributed by atoms with E-state index < -0.39 is 6.04 Å². The molecule has 0 saturated heterocycles. The van der Waals surface area contributed by atoms with Crippen molar-refractivity contribution >= 4 is 11.8 Å². The Morgan fingerprint density at radius 3 is 2.35 bits per heavy atom. The first kappa shape index (κ1) is 20.1. The van der Waals surface area contributed by atoms with Crippen LogP contribution < -0.4 is 5.32 Å². The van der Waals surface area contributed by atoms with Gasteiger partial charge in [-0.1, -0.05) is 41.0 Å². The van der Waals surface area contributed by atoms with Crippen molar-refractivity contribution in [3.63, 3.8) is 0 Å². The van der Waals surface area contributed by atoms with Crippen LogP contribution in [0.4, 0.5) is 0 Å². The van der Waals surface area contributed by atoms with Gasteiger partial charge in [0.15, 0.2) is 0 Å². The quantitative estimate of drug-likeness (QED) is 0.695. The van der Waals surface area contributed by atoms with E-state index in [-0.39, 0.29) is 24.2 Å². The van der Waals surface area contributed by atoms with Crippen LogP contribution in [0.25, 0.3) is 0 Å². The van der Waals surface area contributed by atoms with Gasteiger partial charge in [-0.05, 0) is 43.4 Å². The molecule has 1 rings (SSSR count). The summed E-state index contributed by atoms with van der Waals surface area (Å²) in [6.45, 7) is 13.1. The molecule has 0 heterocycles. The molecule has 0 aromatic rings. The minimum atomic E-state index is -0.434. The highest BCUT2D eigenvalue weighted by molar-refractivity contribution is 5.84. The molecule has 23 heavy (non-hydrogen) atoms. The fourth-order valence-electron chi connectivity index (χ4n) is 3.41. The summed E-state index contributed by atoms with van der Waals surface area (Å²) >= 11 is 0. The molecule has 0 unspecified atom stereocenters. The maximum Gasteiger partial charge on any atom is 0.322 e. The fourth-order valence-corrected chi connectivity index (χ4v) is 3.41. The lowest BCUT2D eigenvalue weighted by Crippen LogP contribution is -2.43. The van der Waals surface area contributed by atoms with Gasteiger partial charge in [0.25, 0.3) is 0 Å². The summed E-state index contributed by atoms with van der Waals surface area (Å²) in [6, 6.07) is -0.434. The maximum absolute atomic E-state index is 12.6. The number of Topliss-reactive ketones (excluding diaryl/α,β-unsaturated/α-hetero) is 1. The second-order valence-electron chi connectivity index (χ2n) is 8.03. The predicted molar refractivity (Wildman–Crippen MR) is 93.1 cm³/mol. The Labute approximate surface area is 141 Å². The molecule has 1 aliphatic rings. The fraction of sp³-hybridized carbons (Fsp3) is 0.895. The molecule has 1 fully saturated rings. The average molecular weight is 325 g/mol. The smallest absolute Gasteiger partial charge is 0.322 e. The first-order chi connectivity index (χ1) is 10.7. The van der Waals surface area contributed by atoms with E-state index in [9.17, 15) is 9.59 Å². The van der Waals surface area contributed by atoms with Crippen molar-refractivity contribution in [1.29, 1.82) is 0 Å². The number of rotatable bonds is 8. The number of nitrogens with one attached hydrogen (secondary N) is 1. The molecule has 4 atom stereocenters. The molecule has 0 bridgehead atoms. The molecule has 0 aromatic heterocycles. The Bertz CT molecular complexity index is 392. The highest BCUT2D eigenvalue weighted by Crippen LogP contribution is 2.38. The molecule has 134 valence electrons. The van der Waals surface area contributed by atoms with Crippen LogP contribution in [0.1, 0.15) is 60.8 Å². The number of carbonyl (C=O) groups excluding carboxylic acids is 2. The van der Waals surface area contributed by atoms with E-state index in [1.807, 2.05) is 13.8 Å². The molecule has 0 aliphatic heterocycles. The molecule has 1 N–H and O–H groups in total. The SMILES string of the molecule is CC(C)COC(=O)[C@@H](C)NCC(=O)[C@@H]1C[C@H](C)CC[C@H]1C(C)C. The summed E-state index contributed by atoms with van der Waals surface area (Å²) in [6.07, 6.45) is 3.34. The van der Waals surface area contributed by atoms with Gasteiger partial charge in [0.1, 0.15) is 11.8 Å². The monoisotopic (exact) mass is 325 g/mol. The number of carbonyl (C=O) groups is 2. The van der Waals surface area contributed by atoms with E-state index >= 15 is 0 Å². The second-order valence-corrected chi connectivity index (χ2v) is 8.03. The molecule has 4 nitrogen and oxygen atoms in total. The third kappa shape index (κ3) is 6.62. The first-order valence-corrected chi connectivity index (χ1v) is 9.15. The van der Waals surface area contributed by atoms with Crippen molar-refractivity contribution in [2.24, 2.45) is 29.6 Å². The standard InChI is InChI=1S/C19H35NO3/c1-12(2)11-23-19(22)15(6)20-10-18(21)17-9-14(5)7-8-16(17)13(3)4/h12-17,20H,7-11H2,1-6H3/t14-,15-,16+,17-/m1/s1. The lowest BCUT2D eigenvalue weighted by molar-refractivity contribution is -0.146. The minimum absolute atomic E-state index is 0.130. The van der Waals surface area contributed by atoms with Gasteiger partial charge >= 0.3 is 5.97 Å². The van der Waals surface area contributed by atoms with Crippen LogP contribution in [-0.2, 0) is 14.3 Å². The van der Waals surface area contributed by atoms with Crippen LogP contribution >= 0.6 is 0 Å². The zero-order valence-corrected chi connectivity index (χ0v) is 15.7. The summed E-state index contributed by atoms with van der Waals surface area (Å²) in [5.41, 5.74) is 0. The predicted octanol–water partition coefficient (Wildman–Crippen LogP) is 3.44. The lowest BCUT2D eigenvalue weighted by atomic mass is 9.68. The highest BCUT2D eigenvalue weighted by Gasteiger charge is 2.35. The van der Waals surface area contributed by atoms with Gasteiger partial charge in [-0.3, -0.25) is 14.9 Å². The van der Waals surface area contributed by atoms with Crippen molar-refractivity contribution in [2.45, 2.75) is 66.8 Å². The van der Waals surface area contributed by atoms with E-state index in [2.05, 4.69) is 26.1 Å². The van der Waals surface area contributed by atoms with E-state index in [1.165, 1.54) is 6.42 Å². The molecule has 0 spiro atoms. The largest absolute Gasteiger partial charge is 0.464 e. The topological polar surface area (TPSA) is 55.4 Å². The Balaban J connectivity index is 2.48. The van der Waals surface area contributed by atoms with Gasteiger partial charge in [-0.2, -0.15) is 0 Å². The van der Waals surface area contributed by atoms with Gasteiger partial charge in [0.05, 0.1) is 13.2 Å². The number of esters is 1. The van der Waals surface area contributed by atoms with Crippen LogP contribution in [0.5, 0.6) is 0 Å². The first-order valence-electron chi connectivity index (χ1n) is 9.15. The molecule has 0 amide bonds. The van der Waals surface area contributed by atoms with Crippen LogP contribution in [0, 0.1) is 29.6 Å². The van der Waals surface area contributed by atoms with Crippen LogP contribution in [0.15, 0.2) is 0 Å². The molecule has 1 aliphatic carbocycles. The normalized spacial score (nSPS) is 26.3. The van der Waals surface area contributed by atoms with E-state index in [4.69, 9.17) is 4.74 Å². The summed E-state index contributed by atoms with van der Waals surface area (Å²) in [7, 11) is 0. The molecule has 4 heteroatoms. The molecular weight excluding hydrogens is 290 g/mol. The Kier molecular flexibility index (Phi) is 8.24. The lowest BCUT2D eigenvalue weighted by Gasteiger charge is -2.36. The molecule has 1 saturated carbocycles. The van der Waals surface area contributed by atoms with Crippen molar-refractivity contribution in [3.8, 4) is 0 Å². The maximum atomic E-state index is 12.6. The third-order valence-electron chi connectivity index (χ3n) is 4.93. The zero-order chi connectivity index (χ0) is 17.6. The van der Waals surface area contributed by atoms with Crippen LogP contribution in [0.2, 0.25) is 0 Å². The van der Waals surface area contributed by atoms with Crippen molar-refractivity contribution in [1.82, 2.24) is 5.32 Å². The van der Waals surface area contributed by atoms with Gasteiger partial charge < -0.3 is 4.74 Å². The average Bonchev–Trinajstić information content (AvgIpc) is 2.49. The highest BCUT2D eigenvalue weighted by atomic mass is 16.5. The zero-order valence-electron chi connectivity index (χ0n) is 15.7. The number of ether oxygens (including phenoxy) is 1. The Morgan fingerprint density at radius 2 is 1.78 bits per heavy atom. The molecular formula is C19H35NO3. The third-order valence-corrected chi connectivity index (χ3v) is 4.93. The summed E-state index contributed by atoms with van der Waals surface area (Å²) in [5.74, 6) is 2.05. The summed E-state index contributed by atoms with van der Waals surface area (Å²) in [4.78, 5) is 24.5. The summed E-state index contributed by atoms with van der Waals surface area (Å²) < 4.78 is 5.21. The van der Waals surface area contributed by atoms with Crippen LogP contribution in [-0.4, -0.2) is 30.9 Å². The van der Waals surface area contributed by atoms with Gasteiger partial charge in [-0.25, -0.2) is 0 Å². The van der Waals surface area contributed by atoms with Gasteiger partial charge in [0.2, 0.25) is 0 Å². The molecule has 0 radical (unpaired) electrons. The van der Waals surface area contributed by atoms with Gasteiger partial charge in [0, 0.05) is 5.92 Å². The molecule has 0 aromatic carbocycles. The number of hydrogen-bond acceptors (Lipinski definition) is 4. The van der Waals surface area contributed by atoms with Crippen LogP contribution in [0.3, 0.4) is 0 Å². The minimum Gasteiger partial charge on any atom is -0.464 e. The van der Waals surface area contributed by atoms with E-state index in [0.29, 0.717) is 30.3 Å². The van der Waals surface area contributed by atoms with E-state index in [1.54, 1.807) is 6.92 Å². The van der Waals surface area contributed by atoms with Crippen molar-refractivity contribution in [2.75, 3.05) is 13.2 Å². The van der Waals surface area contributed by atoms with Crippen molar-refractivity contribution < 1.29 is 14.3 Å². The number of hydrogen-bond donors (Lipinski definition) is 1. The Hall–Kier alpha value is -0.900. The Morgan fingerprint density at radius 1 is 1.13 bits per heavy atom. The van der Waals surface area contributed by atoms with E-state index in [0.717, 1.165) is 12.8 Å². The second kappa shape index (κ2) is 9.41. The van der Waals surface area contributed by atoms with Crippen molar-refractivity contribution in [3.05, 3.63) is 0 Å². The summed E-state index contributed by atoms with van der Waals surface area (Å²) in [5, 5.41) is 3.05. The van der Waals surface area contributed by atoms with Gasteiger partial charge in [-0.15, -0.1) is 0 Å².